The standard InChI is InChI=1S/C19H12Br2ClNO5S/c1-9(24)14-17(25)15-13(22)8-7-12(21)16(15)23(19(14)29(2,27)28)18(26)10-3-5-11(20)6-4-10/h3-8H,1-2H3. The molecule has 0 aliphatic rings. The zero-order valence-electron chi connectivity index (χ0n) is 15.0. The Kier molecular flexibility index (Phi) is 5.88. The highest BCUT2D eigenvalue weighted by molar-refractivity contribution is 9.11. The lowest BCUT2D eigenvalue weighted by Crippen LogP contribution is -2.29. The van der Waals surface area contributed by atoms with Crippen molar-refractivity contribution in [3.05, 3.63) is 71.7 Å². The van der Waals surface area contributed by atoms with Gasteiger partial charge in [0.15, 0.2) is 20.6 Å². The largest absolute Gasteiger partial charge is 0.294 e. The third kappa shape index (κ3) is 3.84. The summed E-state index contributed by atoms with van der Waals surface area (Å²) in [7, 11) is -4.17. The Morgan fingerprint density at radius 2 is 1.62 bits per heavy atom. The van der Waals surface area contributed by atoms with E-state index in [1.54, 1.807) is 12.1 Å². The van der Waals surface area contributed by atoms with Crippen LogP contribution < -0.4 is 5.43 Å². The quantitative estimate of drug-likeness (QED) is 0.440. The van der Waals surface area contributed by atoms with Gasteiger partial charge < -0.3 is 0 Å². The summed E-state index contributed by atoms with van der Waals surface area (Å²) in [5.74, 6) is -1.51. The minimum atomic E-state index is -4.17. The number of aromatic nitrogens is 1. The molecule has 0 radical (unpaired) electrons. The molecule has 0 spiro atoms. The Balaban J connectivity index is 2.66. The van der Waals surface area contributed by atoms with Crippen molar-refractivity contribution < 1.29 is 18.0 Å². The van der Waals surface area contributed by atoms with Crippen LogP contribution in [0.1, 0.15) is 27.6 Å². The molecule has 0 saturated carbocycles. The van der Waals surface area contributed by atoms with Crippen molar-refractivity contribution in [2.75, 3.05) is 6.26 Å². The number of Topliss-reactive ketones (excluding diaryl/α,β-unsaturated/α-hetero) is 1. The van der Waals surface area contributed by atoms with Gasteiger partial charge in [-0.25, -0.2) is 8.42 Å². The molecule has 0 fully saturated rings. The van der Waals surface area contributed by atoms with E-state index in [1.807, 2.05) is 0 Å². The lowest BCUT2D eigenvalue weighted by atomic mass is 10.1. The van der Waals surface area contributed by atoms with Crippen LogP contribution in [-0.4, -0.2) is 30.9 Å². The summed E-state index contributed by atoms with van der Waals surface area (Å²) in [5.41, 5.74) is -1.32. The third-order valence-corrected chi connectivity index (χ3v) is 6.74. The number of fused-ring (bicyclic) bond motifs is 1. The third-order valence-electron chi connectivity index (χ3n) is 4.17. The summed E-state index contributed by atoms with van der Waals surface area (Å²) in [6, 6.07) is 9.14. The maximum absolute atomic E-state index is 13.4. The maximum Gasteiger partial charge on any atom is 0.263 e. The second-order valence-corrected chi connectivity index (χ2v) is 10.3. The van der Waals surface area contributed by atoms with Crippen molar-refractivity contribution in [3.8, 4) is 0 Å². The van der Waals surface area contributed by atoms with Gasteiger partial charge in [-0.15, -0.1) is 0 Å². The van der Waals surface area contributed by atoms with E-state index in [9.17, 15) is 22.8 Å². The molecule has 150 valence electrons. The van der Waals surface area contributed by atoms with Crippen molar-refractivity contribution in [1.29, 1.82) is 0 Å². The Morgan fingerprint density at radius 1 is 1.03 bits per heavy atom. The summed E-state index contributed by atoms with van der Waals surface area (Å²) < 4.78 is 27.1. The molecule has 0 N–H and O–H groups in total. The predicted molar refractivity (Wildman–Crippen MR) is 118 cm³/mol. The van der Waals surface area contributed by atoms with Crippen LogP contribution in [0.4, 0.5) is 0 Å². The first-order valence-electron chi connectivity index (χ1n) is 8.03. The summed E-state index contributed by atoms with van der Waals surface area (Å²) >= 11 is 12.8. The molecule has 29 heavy (non-hydrogen) atoms. The molecule has 0 saturated heterocycles. The fourth-order valence-corrected chi connectivity index (χ4v) is 5.11. The van der Waals surface area contributed by atoms with Crippen molar-refractivity contribution in [1.82, 2.24) is 4.57 Å². The maximum atomic E-state index is 13.4. The second-order valence-electron chi connectivity index (χ2n) is 6.24. The molecule has 3 aromatic rings. The summed E-state index contributed by atoms with van der Waals surface area (Å²) in [6.45, 7) is 1.07. The first-order valence-corrected chi connectivity index (χ1v) is 11.9. The zero-order chi connectivity index (χ0) is 21.7. The molecule has 0 atom stereocenters. The van der Waals surface area contributed by atoms with Crippen LogP contribution in [0.5, 0.6) is 0 Å². The Morgan fingerprint density at radius 3 is 2.14 bits per heavy atom. The molecule has 2 aromatic carbocycles. The number of sulfone groups is 1. The van der Waals surface area contributed by atoms with Crippen LogP contribution in [-0.2, 0) is 9.84 Å². The molecule has 3 rings (SSSR count). The fourth-order valence-electron chi connectivity index (χ4n) is 2.99. The molecule has 0 unspecified atom stereocenters. The average molecular weight is 562 g/mol. The molecule has 0 aliphatic carbocycles. The monoisotopic (exact) mass is 559 g/mol. The van der Waals surface area contributed by atoms with Crippen LogP contribution in [0.3, 0.4) is 0 Å². The Hall–Kier alpha value is -1.81. The first kappa shape index (κ1) is 21.9. The molecule has 10 heteroatoms. The first-order chi connectivity index (χ1) is 13.4. The topological polar surface area (TPSA) is 90.3 Å². The Labute approximate surface area is 187 Å². The van der Waals surface area contributed by atoms with Gasteiger partial charge in [0.1, 0.15) is 5.56 Å². The van der Waals surface area contributed by atoms with Crippen molar-refractivity contribution in [2.24, 2.45) is 0 Å². The molecule has 6 nitrogen and oxygen atoms in total. The van der Waals surface area contributed by atoms with Crippen LogP contribution in [0.15, 0.2) is 55.2 Å². The van der Waals surface area contributed by atoms with Crippen LogP contribution in [0, 0.1) is 0 Å². The SMILES string of the molecule is CC(=O)c1c(S(C)(=O)=O)n(C(=O)c2ccc(Br)cc2)c2c(Br)ccc(Cl)c2c1=O. The normalized spacial score (nSPS) is 11.6. The number of hydrogen-bond acceptors (Lipinski definition) is 5. The van der Waals surface area contributed by atoms with Crippen molar-refractivity contribution >= 4 is 75.9 Å². The van der Waals surface area contributed by atoms with Gasteiger partial charge in [-0.3, -0.25) is 19.0 Å². The van der Waals surface area contributed by atoms with Gasteiger partial charge in [0.05, 0.1) is 15.9 Å². The molecule has 1 heterocycles. The highest BCUT2D eigenvalue weighted by Gasteiger charge is 2.31. The molecule has 1 aromatic heterocycles. The average Bonchev–Trinajstić information content (AvgIpc) is 2.63. The fraction of sp³-hybridized carbons (Fsp3) is 0.105. The van der Waals surface area contributed by atoms with Gasteiger partial charge >= 0.3 is 0 Å². The summed E-state index contributed by atoms with van der Waals surface area (Å²) in [6.07, 6.45) is 0.837. The number of ketones is 1. The van der Waals surface area contributed by atoms with E-state index in [1.165, 1.54) is 24.3 Å². The molecule has 0 amide bonds. The van der Waals surface area contributed by atoms with E-state index in [0.717, 1.165) is 22.2 Å². The molecular formula is C19H12Br2ClNO5S. The van der Waals surface area contributed by atoms with Gasteiger partial charge in [-0.2, -0.15) is 0 Å². The van der Waals surface area contributed by atoms with Gasteiger partial charge in [-0.1, -0.05) is 27.5 Å². The van der Waals surface area contributed by atoms with Crippen LogP contribution in [0.25, 0.3) is 10.9 Å². The minimum Gasteiger partial charge on any atom is -0.294 e. The number of carbonyl (C=O) groups is 2. The molecular weight excluding hydrogens is 550 g/mol. The second kappa shape index (κ2) is 7.79. The lowest BCUT2D eigenvalue weighted by Gasteiger charge is -2.19. The number of halogens is 3. The molecule has 0 aliphatic heterocycles. The number of carbonyl (C=O) groups excluding carboxylic acids is 2. The van der Waals surface area contributed by atoms with E-state index in [4.69, 9.17) is 11.6 Å². The van der Waals surface area contributed by atoms with Crippen LogP contribution in [0.2, 0.25) is 5.02 Å². The highest BCUT2D eigenvalue weighted by Crippen LogP contribution is 2.32. The van der Waals surface area contributed by atoms with Crippen molar-refractivity contribution in [2.45, 2.75) is 11.9 Å². The summed E-state index contributed by atoms with van der Waals surface area (Å²) in [4.78, 5) is 38.7. The number of benzene rings is 2. The number of pyridine rings is 1. The van der Waals surface area contributed by atoms with E-state index in [2.05, 4.69) is 31.9 Å². The van der Waals surface area contributed by atoms with Gasteiger partial charge in [0.2, 0.25) is 5.43 Å². The lowest BCUT2D eigenvalue weighted by molar-refractivity contribution is 0.0952. The van der Waals surface area contributed by atoms with Gasteiger partial charge in [0, 0.05) is 20.8 Å². The van der Waals surface area contributed by atoms with Crippen LogP contribution >= 0.6 is 43.5 Å². The molecule has 0 bridgehead atoms. The Bertz CT molecular complexity index is 1360. The van der Waals surface area contributed by atoms with Crippen molar-refractivity contribution in [3.63, 3.8) is 0 Å². The zero-order valence-corrected chi connectivity index (χ0v) is 19.7. The van der Waals surface area contributed by atoms with E-state index < -0.39 is 37.5 Å². The minimum absolute atomic E-state index is 0.00638. The predicted octanol–water partition coefficient (Wildman–Crippen LogP) is 4.47. The smallest absolute Gasteiger partial charge is 0.263 e. The number of nitrogens with zero attached hydrogens (tertiary/aromatic N) is 1. The summed E-state index contributed by atoms with van der Waals surface area (Å²) in [5, 5.41) is -0.796. The van der Waals surface area contributed by atoms with E-state index >= 15 is 0 Å². The van der Waals surface area contributed by atoms with E-state index in [0.29, 0.717) is 0 Å². The van der Waals surface area contributed by atoms with Gasteiger partial charge in [-0.05, 0) is 59.3 Å². The highest BCUT2D eigenvalue weighted by atomic mass is 79.9. The van der Waals surface area contributed by atoms with E-state index in [-0.39, 0.29) is 26.0 Å². The number of rotatable bonds is 3. The van der Waals surface area contributed by atoms with Gasteiger partial charge in [0.25, 0.3) is 5.91 Å². The number of hydrogen-bond donors (Lipinski definition) is 0.